The van der Waals surface area contributed by atoms with E-state index in [0.29, 0.717) is 12.1 Å². The summed E-state index contributed by atoms with van der Waals surface area (Å²) >= 11 is 1.86. The molecule has 0 N–H and O–H groups in total. The van der Waals surface area contributed by atoms with Gasteiger partial charge in [-0.3, -0.25) is 9.80 Å². The van der Waals surface area contributed by atoms with Crippen molar-refractivity contribution in [3.63, 3.8) is 0 Å². The third-order valence-corrected chi connectivity index (χ3v) is 6.13. The van der Waals surface area contributed by atoms with E-state index < -0.39 is 0 Å². The first-order chi connectivity index (χ1) is 9.69. The van der Waals surface area contributed by atoms with E-state index in [-0.39, 0.29) is 0 Å². The molecule has 4 heteroatoms. The molecule has 0 aliphatic carbocycles. The number of aromatic nitrogens is 1. The molecule has 2 aliphatic heterocycles. The van der Waals surface area contributed by atoms with Gasteiger partial charge in [0.25, 0.3) is 0 Å². The van der Waals surface area contributed by atoms with Crippen LogP contribution in [0.5, 0.6) is 0 Å². The molecule has 0 radical (unpaired) electrons. The minimum absolute atomic E-state index is 0.475. The number of piperazine rings is 1. The van der Waals surface area contributed by atoms with Crippen molar-refractivity contribution in [3.05, 3.63) is 16.1 Å². The van der Waals surface area contributed by atoms with Crippen LogP contribution in [0.2, 0.25) is 0 Å². The van der Waals surface area contributed by atoms with Gasteiger partial charge in [0.1, 0.15) is 5.01 Å². The highest BCUT2D eigenvalue weighted by Gasteiger charge is 2.37. The summed E-state index contributed by atoms with van der Waals surface area (Å²) in [5.41, 5.74) is 0. The Morgan fingerprint density at radius 3 is 2.95 bits per heavy atom. The average molecular weight is 293 g/mol. The van der Waals surface area contributed by atoms with E-state index in [4.69, 9.17) is 0 Å². The Kier molecular flexibility index (Phi) is 4.43. The smallest absolute Gasteiger partial charge is 0.110 e. The predicted molar refractivity (Wildman–Crippen MR) is 85.3 cm³/mol. The van der Waals surface area contributed by atoms with Crippen LogP contribution >= 0.6 is 11.3 Å². The van der Waals surface area contributed by atoms with Gasteiger partial charge in [0.2, 0.25) is 0 Å². The van der Waals surface area contributed by atoms with Crippen molar-refractivity contribution >= 4 is 11.3 Å². The Bertz CT molecular complexity index is 445. The van der Waals surface area contributed by atoms with Crippen LogP contribution in [0.1, 0.15) is 55.5 Å². The zero-order valence-corrected chi connectivity index (χ0v) is 13.8. The SMILES string of the molecule is CCC1CN2CCCCC2CN1C(C)c1ncc(C)s1. The molecule has 2 fully saturated rings. The molecule has 0 amide bonds. The Balaban J connectivity index is 1.76. The monoisotopic (exact) mass is 293 g/mol. The summed E-state index contributed by atoms with van der Waals surface area (Å²) in [6.45, 7) is 10.7. The van der Waals surface area contributed by atoms with Gasteiger partial charge in [-0.2, -0.15) is 0 Å². The van der Waals surface area contributed by atoms with Crippen molar-refractivity contribution in [1.29, 1.82) is 0 Å². The van der Waals surface area contributed by atoms with E-state index in [1.165, 1.54) is 55.2 Å². The van der Waals surface area contributed by atoms with Crippen LogP contribution in [0.25, 0.3) is 0 Å². The highest BCUT2D eigenvalue weighted by molar-refractivity contribution is 7.11. The molecule has 0 bridgehead atoms. The summed E-state index contributed by atoms with van der Waals surface area (Å²) in [5, 5.41) is 1.30. The number of piperidine rings is 1. The van der Waals surface area contributed by atoms with Crippen LogP contribution in [-0.2, 0) is 0 Å². The number of fused-ring (bicyclic) bond motifs is 1. The van der Waals surface area contributed by atoms with Gasteiger partial charge in [0.15, 0.2) is 0 Å². The number of hydrogen-bond acceptors (Lipinski definition) is 4. The lowest BCUT2D eigenvalue weighted by Gasteiger charge is -2.50. The first-order valence-electron chi connectivity index (χ1n) is 8.11. The highest BCUT2D eigenvalue weighted by Crippen LogP contribution is 2.33. The zero-order chi connectivity index (χ0) is 14.1. The standard InChI is InChI=1S/C16H27N3S/c1-4-14-10-18-8-6-5-7-15(18)11-19(14)13(3)16-17-9-12(2)20-16/h9,13-15H,4-8,10-11H2,1-3H3. The third-order valence-electron chi connectivity index (χ3n) is 5.05. The number of aryl methyl sites for hydroxylation is 1. The fourth-order valence-electron chi connectivity index (χ4n) is 3.82. The minimum atomic E-state index is 0.475. The summed E-state index contributed by atoms with van der Waals surface area (Å²) in [7, 11) is 0. The molecule has 3 rings (SSSR count). The van der Waals surface area contributed by atoms with Gasteiger partial charge < -0.3 is 0 Å². The van der Waals surface area contributed by atoms with E-state index in [9.17, 15) is 0 Å². The lowest BCUT2D eigenvalue weighted by molar-refractivity contribution is -0.0124. The lowest BCUT2D eigenvalue weighted by Crippen LogP contribution is -2.59. The second-order valence-corrected chi connectivity index (χ2v) is 7.65. The van der Waals surface area contributed by atoms with E-state index >= 15 is 0 Å². The zero-order valence-electron chi connectivity index (χ0n) is 13.0. The molecule has 3 nitrogen and oxygen atoms in total. The maximum atomic E-state index is 4.63. The first-order valence-corrected chi connectivity index (χ1v) is 8.92. The molecule has 0 saturated carbocycles. The van der Waals surface area contributed by atoms with Crippen molar-refractivity contribution in [2.75, 3.05) is 19.6 Å². The number of rotatable bonds is 3. The van der Waals surface area contributed by atoms with Crippen LogP contribution in [0.15, 0.2) is 6.20 Å². The van der Waals surface area contributed by atoms with Crippen molar-refractivity contribution in [1.82, 2.24) is 14.8 Å². The third kappa shape index (κ3) is 2.78. The van der Waals surface area contributed by atoms with Crippen LogP contribution in [0.3, 0.4) is 0 Å². The molecule has 2 saturated heterocycles. The summed E-state index contributed by atoms with van der Waals surface area (Å²) in [6, 6.07) is 1.96. The van der Waals surface area contributed by atoms with E-state index in [0.717, 1.165) is 6.04 Å². The Hall–Kier alpha value is -0.450. The van der Waals surface area contributed by atoms with Crippen molar-refractivity contribution < 1.29 is 0 Å². The molecule has 1 aromatic rings. The van der Waals surface area contributed by atoms with Gasteiger partial charge in [0, 0.05) is 36.2 Å². The summed E-state index contributed by atoms with van der Waals surface area (Å²) in [6.07, 6.45) is 7.47. The molecule has 3 unspecified atom stereocenters. The lowest BCUT2D eigenvalue weighted by atomic mass is 9.95. The number of hydrogen-bond donors (Lipinski definition) is 0. The van der Waals surface area contributed by atoms with Gasteiger partial charge >= 0.3 is 0 Å². The largest absolute Gasteiger partial charge is 0.298 e. The van der Waals surface area contributed by atoms with Crippen LogP contribution in [0, 0.1) is 6.92 Å². The van der Waals surface area contributed by atoms with Gasteiger partial charge in [-0.15, -0.1) is 11.3 Å². The van der Waals surface area contributed by atoms with Crippen LogP contribution in [0.4, 0.5) is 0 Å². The van der Waals surface area contributed by atoms with E-state index in [1.807, 2.05) is 17.5 Å². The second-order valence-electron chi connectivity index (χ2n) is 6.39. The summed E-state index contributed by atoms with van der Waals surface area (Å²) in [4.78, 5) is 11.4. The molecule has 112 valence electrons. The second kappa shape index (κ2) is 6.12. The molecule has 0 aromatic carbocycles. The van der Waals surface area contributed by atoms with Crippen molar-refractivity contribution in [2.24, 2.45) is 0 Å². The maximum absolute atomic E-state index is 4.63. The molecule has 3 atom stereocenters. The Labute approximate surface area is 127 Å². The normalized spacial score (nSPS) is 30.1. The topological polar surface area (TPSA) is 19.4 Å². The van der Waals surface area contributed by atoms with Crippen LogP contribution < -0.4 is 0 Å². The molecule has 1 aromatic heterocycles. The van der Waals surface area contributed by atoms with E-state index in [1.54, 1.807) is 0 Å². The predicted octanol–water partition coefficient (Wildman–Crippen LogP) is 3.46. The summed E-state index contributed by atoms with van der Waals surface area (Å²) in [5.74, 6) is 0. The van der Waals surface area contributed by atoms with Gasteiger partial charge in [-0.1, -0.05) is 13.3 Å². The van der Waals surface area contributed by atoms with E-state index in [2.05, 4.69) is 35.6 Å². The highest BCUT2D eigenvalue weighted by atomic mass is 32.1. The number of thiazole rings is 1. The van der Waals surface area contributed by atoms with Crippen molar-refractivity contribution in [2.45, 2.75) is 64.6 Å². The molecular formula is C16H27N3S. The Morgan fingerprint density at radius 2 is 2.25 bits per heavy atom. The molecule has 3 heterocycles. The van der Waals surface area contributed by atoms with Gasteiger partial charge in [-0.05, 0) is 39.7 Å². The molecular weight excluding hydrogens is 266 g/mol. The fourth-order valence-corrected chi connectivity index (χ4v) is 4.67. The minimum Gasteiger partial charge on any atom is -0.298 e. The maximum Gasteiger partial charge on any atom is 0.110 e. The molecule has 0 spiro atoms. The summed E-state index contributed by atoms with van der Waals surface area (Å²) < 4.78 is 0. The van der Waals surface area contributed by atoms with Gasteiger partial charge in [-0.25, -0.2) is 4.98 Å². The van der Waals surface area contributed by atoms with Crippen molar-refractivity contribution in [3.8, 4) is 0 Å². The van der Waals surface area contributed by atoms with Crippen LogP contribution in [-0.4, -0.2) is 46.5 Å². The molecule has 2 aliphatic rings. The fraction of sp³-hybridized carbons (Fsp3) is 0.812. The number of nitrogens with zero attached hydrogens (tertiary/aromatic N) is 3. The Morgan fingerprint density at radius 1 is 1.40 bits per heavy atom. The average Bonchev–Trinajstić information content (AvgIpc) is 2.91. The van der Waals surface area contributed by atoms with Gasteiger partial charge in [0.05, 0.1) is 6.04 Å². The first kappa shape index (κ1) is 14.5. The quantitative estimate of drug-likeness (QED) is 0.851. The molecule has 20 heavy (non-hydrogen) atoms.